The van der Waals surface area contributed by atoms with Gasteiger partial charge in [-0.25, -0.2) is 9.97 Å². The van der Waals surface area contributed by atoms with Crippen LogP contribution in [-0.2, 0) is 6.42 Å². The molecule has 0 aliphatic rings. The monoisotopic (exact) mass is 243 g/mol. The highest BCUT2D eigenvalue weighted by atomic mass is 16.1. The number of anilines is 1. The molecule has 0 unspecified atom stereocenters. The van der Waals surface area contributed by atoms with E-state index in [0.29, 0.717) is 17.9 Å². The van der Waals surface area contributed by atoms with E-state index in [1.54, 1.807) is 19.3 Å². The molecule has 2 heterocycles. The van der Waals surface area contributed by atoms with E-state index in [9.17, 15) is 4.79 Å². The number of nitrogens with two attached hydrogens (primary N) is 2. The third kappa shape index (κ3) is 2.42. The van der Waals surface area contributed by atoms with Crippen LogP contribution in [0.25, 0.3) is 0 Å². The molecule has 0 bridgehead atoms. The summed E-state index contributed by atoms with van der Waals surface area (Å²) < 4.78 is 0. The van der Waals surface area contributed by atoms with Crippen LogP contribution in [0.5, 0.6) is 0 Å². The number of rotatable bonds is 3. The lowest BCUT2D eigenvalue weighted by Crippen LogP contribution is -2.18. The van der Waals surface area contributed by atoms with Gasteiger partial charge in [0.25, 0.3) is 5.91 Å². The first kappa shape index (κ1) is 12.0. The zero-order chi connectivity index (χ0) is 13.1. The normalized spacial score (nSPS) is 10.3. The van der Waals surface area contributed by atoms with Gasteiger partial charge in [-0.2, -0.15) is 0 Å². The Morgan fingerprint density at radius 2 is 2.17 bits per heavy atom. The van der Waals surface area contributed by atoms with Crippen LogP contribution in [0.15, 0.2) is 24.5 Å². The Hall–Kier alpha value is -2.50. The second-order valence-electron chi connectivity index (χ2n) is 3.89. The summed E-state index contributed by atoms with van der Waals surface area (Å²) in [4.78, 5) is 23.5. The Kier molecular flexibility index (Phi) is 3.18. The second-order valence-corrected chi connectivity index (χ2v) is 3.89. The number of carbonyl (C=O) groups is 1. The molecule has 2 aromatic heterocycles. The highest BCUT2D eigenvalue weighted by Gasteiger charge is 2.14. The zero-order valence-corrected chi connectivity index (χ0v) is 9.92. The van der Waals surface area contributed by atoms with Crippen LogP contribution >= 0.6 is 0 Å². The molecule has 0 saturated heterocycles. The minimum absolute atomic E-state index is 0.119. The summed E-state index contributed by atoms with van der Waals surface area (Å²) in [5.41, 5.74) is 12.6. The van der Waals surface area contributed by atoms with Crippen molar-refractivity contribution in [2.45, 2.75) is 13.3 Å². The van der Waals surface area contributed by atoms with E-state index in [-0.39, 0.29) is 11.4 Å². The number of nitrogens with zero attached hydrogens (tertiary/aromatic N) is 3. The molecule has 0 radical (unpaired) electrons. The summed E-state index contributed by atoms with van der Waals surface area (Å²) >= 11 is 0. The maximum Gasteiger partial charge on any atom is 0.254 e. The molecule has 0 spiro atoms. The number of hydrogen-bond acceptors (Lipinski definition) is 5. The summed E-state index contributed by atoms with van der Waals surface area (Å²) in [6.07, 6.45) is 3.94. The summed E-state index contributed by atoms with van der Waals surface area (Å²) in [7, 11) is 0. The molecule has 6 heteroatoms. The van der Waals surface area contributed by atoms with Gasteiger partial charge >= 0.3 is 0 Å². The minimum Gasteiger partial charge on any atom is -0.383 e. The molecule has 2 rings (SSSR count). The topological polar surface area (TPSA) is 108 Å². The molecule has 92 valence electrons. The van der Waals surface area contributed by atoms with Crippen LogP contribution in [0, 0.1) is 6.92 Å². The van der Waals surface area contributed by atoms with Gasteiger partial charge in [-0.15, -0.1) is 0 Å². The Bertz CT molecular complexity index is 559. The fraction of sp³-hybridized carbons (Fsp3) is 0.167. The van der Waals surface area contributed by atoms with Gasteiger partial charge in [0.15, 0.2) is 0 Å². The number of aromatic nitrogens is 3. The first-order valence-corrected chi connectivity index (χ1v) is 5.39. The fourth-order valence-electron chi connectivity index (χ4n) is 1.72. The lowest BCUT2D eigenvalue weighted by atomic mass is 10.1. The number of hydrogen-bond donors (Lipinski definition) is 2. The van der Waals surface area contributed by atoms with Crippen molar-refractivity contribution >= 4 is 11.7 Å². The predicted molar refractivity (Wildman–Crippen MR) is 66.7 cm³/mol. The van der Waals surface area contributed by atoms with Gasteiger partial charge in [-0.05, 0) is 18.6 Å². The van der Waals surface area contributed by atoms with Crippen LogP contribution in [0.4, 0.5) is 5.82 Å². The highest BCUT2D eigenvalue weighted by Crippen LogP contribution is 2.14. The van der Waals surface area contributed by atoms with Crippen molar-refractivity contribution in [2.75, 3.05) is 5.73 Å². The molecular weight excluding hydrogens is 230 g/mol. The average Bonchev–Trinajstić information content (AvgIpc) is 2.28. The van der Waals surface area contributed by atoms with Crippen molar-refractivity contribution in [1.82, 2.24) is 15.0 Å². The van der Waals surface area contributed by atoms with E-state index >= 15 is 0 Å². The molecular formula is C12H13N5O. The van der Waals surface area contributed by atoms with Crippen LogP contribution in [0.1, 0.15) is 27.4 Å². The summed E-state index contributed by atoms with van der Waals surface area (Å²) in [6, 6.07) is 3.76. The van der Waals surface area contributed by atoms with Gasteiger partial charge in [0.1, 0.15) is 17.2 Å². The summed E-state index contributed by atoms with van der Waals surface area (Å²) in [5, 5.41) is 0. The van der Waals surface area contributed by atoms with Crippen LogP contribution in [-0.4, -0.2) is 20.9 Å². The van der Waals surface area contributed by atoms with Gasteiger partial charge < -0.3 is 11.5 Å². The summed E-state index contributed by atoms with van der Waals surface area (Å²) in [6.45, 7) is 1.69. The molecule has 0 atom stereocenters. The third-order valence-corrected chi connectivity index (χ3v) is 2.50. The van der Waals surface area contributed by atoms with E-state index in [1.165, 1.54) is 0 Å². The van der Waals surface area contributed by atoms with E-state index in [0.717, 1.165) is 5.56 Å². The van der Waals surface area contributed by atoms with Gasteiger partial charge in [-0.3, -0.25) is 9.78 Å². The smallest absolute Gasteiger partial charge is 0.254 e. The number of nitrogen functional groups attached to an aromatic ring is 1. The molecule has 0 fully saturated rings. The predicted octanol–water partition coefficient (Wildman–Crippen LogP) is 0.452. The van der Waals surface area contributed by atoms with E-state index in [1.807, 2.05) is 12.1 Å². The van der Waals surface area contributed by atoms with Crippen LogP contribution in [0.3, 0.4) is 0 Å². The Balaban J connectivity index is 2.34. The minimum atomic E-state index is -0.613. The molecule has 0 aliphatic heterocycles. The van der Waals surface area contributed by atoms with E-state index in [4.69, 9.17) is 11.5 Å². The SMILES string of the molecule is Cc1nc(Cc2cccnc2)nc(N)c1C(N)=O. The molecule has 6 nitrogen and oxygen atoms in total. The van der Waals surface area contributed by atoms with Crippen LogP contribution in [0.2, 0.25) is 0 Å². The number of primary amides is 1. The molecule has 1 amide bonds. The Labute approximate surface area is 104 Å². The van der Waals surface area contributed by atoms with Crippen molar-refractivity contribution in [3.05, 3.63) is 47.2 Å². The quantitative estimate of drug-likeness (QED) is 0.813. The van der Waals surface area contributed by atoms with Gasteiger partial charge in [0.05, 0.1) is 5.69 Å². The number of aryl methyl sites for hydroxylation is 1. The highest BCUT2D eigenvalue weighted by molar-refractivity contribution is 5.98. The van der Waals surface area contributed by atoms with E-state index in [2.05, 4.69) is 15.0 Å². The van der Waals surface area contributed by atoms with Crippen LogP contribution < -0.4 is 11.5 Å². The van der Waals surface area contributed by atoms with Gasteiger partial charge in [0.2, 0.25) is 0 Å². The molecule has 0 saturated carbocycles. The number of pyridine rings is 1. The van der Waals surface area contributed by atoms with Crippen molar-refractivity contribution in [3.63, 3.8) is 0 Å². The number of carbonyl (C=O) groups excluding carboxylic acids is 1. The third-order valence-electron chi connectivity index (χ3n) is 2.50. The van der Waals surface area contributed by atoms with Gasteiger partial charge in [-0.1, -0.05) is 6.07 Å². The molecule has 18 heavy (non-hydrogen) atoms. The lowest BCUT2D eigenvalue weighted by Gasteiger charge is -2.07. The average molecular weight is 243 g/mol. The van der Waals surface area contributed by atoms with Crippen molar-refractivity contribution in [2.24, 2.45) is 5.73 Å². The zero-order valence-electron chi connectivity index (χ0n) is 9.92. The Morgan fingerprint density at radius 1 is 1.39 bits per heavy atom. The van der Waals surface area contributed by atoms with E-state index < -0.39 is 5.91 Å². The maximum absolute atomic E-state index is 11.2. The van der Waals surface area contributed by atoms with Crippen molar-refractivity contribution in [3.8, 4) is 0 Å². The second kappa shape index (κ2) is 4.79. The standard InChI is InChI=1S/C12H13N5O/c1-7-10(12(14)18)11(13)17-9(16-7)5-8-3-2-4-15-6-8/h2-4,6H,5H2,1H3,(H2,14,18)(H2,13,16,17). The lowest BCUT2D eigenvalue weighted by molar-refractivity contribution is 0.1000. The largest absolute Gasteiger partial charge is 0.383 e. The molecule has 0 aromatic carbocycles. The molecule has 0 aliphatic carbocycles. The van der Waals surface area contributed by atoms with Crippen molar-refractivity contribution in [1.29, 1.82) is 0 Å². The first-order valence-electron chi connectivity index (χ1n) is 5.39. The maximum atomic E-state index is 11.2. The Morgan fingerprint density at radius 3 is 2.72 bits per heavy atom. The fourth-order valence-corrected chi connectivity index (χ4v) is 1.72. The van der Waals surface area contributed by atoms with Crippen molar-refractivity contribution < 1.29 is 4.79 Å². The number of amides is 1. The first-order chi connectivity index (χ1) is 8.58. The molecule has 2 aromatic rings. The molecule has 4 N–H and O–H groups in total. The van der Waals surface area contributed by atoms with Gasteiger partial charge in [0, 0.05) is 18.8 Å². The summed E-state index contributed by atoms with van der Waals surface area (Å²) in [5.74, 6) is 0.0508.